The smallest absolute Gasteiger partial charge is 0.310 e. The van der Waals surface area contributed by atoms with Crippen molar-refractivity contribution in [1.29, 1.82) is 0 Å². The predicted octanol–water partition coefficient (Wildman–Crippen LogP) is 2.18. The maximum Gasteiger partial charge on any atom is 0.310 e. The van der Waals surface area contributed by atoms with Crippen molar-refractivity contribution in [3.8, 4) is 11.3 Å². The molecule has 1 aliphatic rings. The fraction of sp³-hybridized carbons (Fsp3) is 0.412. The molecule has 1 N–H and O–H groups in total. The largest absolute Gasteiger partial charge is 0.481 e. The predicted molar refractivity (Wildman–Crippen MR) is 83.9 cm³/mol. The first-order valence-electron chi connectivity index (χ1n) is 7.67. The fourth-order valence-electron chi connectivity index (χ4n) is 2.64. The Labute approximate surface area is 134 Å². The van der Waals surface area contributed by atoms with Gasteiger partial charge >= 0.3 is 5.97 Å². The summed E-state index contributed by atoms with van der Waals surface area (Å²) in [6, 6.07) is 10.0. The number of carbonyl (C=O) groups is 1. The molecule has 23 heavy (non-hydrogen) atoms. The van der Waals surface area contributed by atoms with Gasteiger partial charge in [-0.05, 0) is 6.92 Å². The Morgan fingerprint density at radius 3 is 2.91 bits per heavy atom. The van der Waals surface area contributed by atoms with Gasteiger partial charge in [0.1, 0.15) is 5.69 Å². The van der Waals surface area contributed by atoms with Crippen LogP contribution < -0.4 is 0 Å². The van der Waals surface area contributed by atoms with Gasteiger partial charge in [0.2, 0.25) is 0 Å². The molecule has 3 rings (SSSR count). The number of carboxylic acids is 1. The highest BCUT2D eigenvalue weighted by Crippen LogP contribution is 2.21. The van der Waals surface area contributed by atoms with Crippen molar-refractivity contribution in [3.05, 3.63) is 41.7 Å². The third kappa shape index (κ3) is 3.97. The molecule has 2 aromatic rings. The molecular weight excluding hydrogens is 296 g/mol. The molecule has 122 valence electrons. The molecule has 0 amide bonds. The minimum atomic E-state index is -0.824. The monoisotopic (exact) mass is 316 g/mol. The van der Waals surface area contributed by atoms with E-state index in [0.29, 0.717) is 26.2 Å². The number of aliphatic carboxylic acids is 1. The number of carboxylic acid groups (broad SMARTS) is 1. The van der Waals surface area contributed by atoms with E-state index in [9.17, 15) is 9.90 Å². The topological polar surface area (TPSA) is 75.8 Å². The van der Waals surface area contributed by atoms with Crippen molar-refractivity contribution >= 4 is 5.97 Å². The van der Waals surface area contributed by atoms with Gasteiger partial charge in [-0.25, -0.2) is 0 Å². The van der Waals surface area contributed by atoms with E-state index in [1.54, 1.807) is 0 Å². The normalized spacial score (nSPS) is 19.4. The molecule has 1 saturated heterocycles. The van der Waals surface area contributed by atoms with Crippen LogP contribution in [0.4, 0.5) is 0 Å². The lowest BCUT2D eigenvalue weighted by Crippen LogP contribution is -2.33. The SMILES string of the molecule is Cc1ccc(-c2cc(CN3CCOCC(C(=O)O)C3)on2)cc1. The van der Waals surface area contributed by atoms with Crippen LogP contribution >= 0.6 is 0 Å². The van der Waals surface area contributed by atoms with Crippen LogP contribution in [0.1, 0.15) is 11.3 Å². The Hall–Kier alpha value is -2.18. The van der Waals surface area contributed by atoms with Crippen LogP contribution in [0, 0.1) is 12.8 Å². The second-order valence-corrected chi connectivity index (χ2v) is 5.89. The molecule has 2 heterocycles. The Bertz CT molecular complexity index is 665. The van der Waals surface area contributed by atoms with E-state index in [1.807, 2.05) is 42.2 Å². The molecule has 1 aromatic heterocycles. The fourth-order valence-corrected chi connectivity index (χ4v) is 2.64. The van der Waals surface area contributed by atoms with Crippen LogP contribution in [0.3, 0.4) is 0 Å². The van der Waals surface area contributed by atoms with E-state index < -0.39 is 11.9 Å². The maximum absolute atomic E-state index is 11.2. The molecule has 1 aliphatic heterocycles. The second-order valence-electron chi connectivity index (χ2n) is 5.89. The van der Waals surface area contributed by atoms with Gasteiger partial charge in [-0.15, -0.1) is 0 Å². The van der Waals surface area contributed by atoms with Gasteiger partial charge in [-0.2, -0.15) is 0 Å². The van der Waals surface area contributed by atoms with E-state index in [4.69, 9.17) is 9.26 Å². The van der Waals surface area contributed by atoms with Gasteiger partial charge < -0.3 is 14.4 Å². The van der Waals surface area contributed by atoms with Crippen LogP contribution in [0.15, 0.2) is 34.9 Å². The average molecular weight is 316 g/mol. The number of benzene rings is 1. The molecule has 0 spiro atoms. The summed E-state index contributed by atoms with van der Waals surface area (Å²) in [5.41, 5.74) is 3.00. The average Bonchev–Trinajstić information content (AvgIpc) is 2.85. The Balaban J connectivity index is 1.68. The lowest BCUT2D eigenvalue weighted by atomic mass is 10.1. The Kier molecular flexibility index (Phi) is 4.73. The van der Waals surface area contributed by atoms with Crippen LogP contribution in [-0.2, 0) is 16.1 Å². The number of hydrogen-bond acceptors (Lipinski definition) is 5. The summed E-state index contributed by atoms with van der Waals surface area (Å²) in [7, 11) is 0. The van der Waals surface area contributed by atoms with Gasteiger partial charge in [0.15, 0.2) is 5.76 Å². The molecule has 1 unspecified atom stereocenters. The highest BCUT2D eigenvalue weighted by atomic mass is 16.5. The third-order valence-electron chi connectivity index (χ3n) is 3.98. The molecule has 6 heteroatoms. The quantitative estimate of drug-likeness (QED) is 0.932. The van der Waals surface area contributed by atoms with E-state index in [-0.39, 0.29) is 6.61 Å². The second kappa shape index (κ2) is 6.93. The number of aryl methyl sites for hydroxylation is 1. The Morgan fingerprint density at radius 1 is 1.39 bits per heavy atom. The van der Waals surface area contributed by atoms with Crippen LogP contribution in [0.5, 0.6) is 0 Å². The summed E-state index contributed by atoms with van der Waals surface area (Å²) < 4.78 is 10.8. The van der Waals surface area contributed by atoms with Crippen molar-refractivity contribution in [3.63, 3.8) is 0 Å². The van der Waals surface area contributed by atoms with Crippen LogP contribution in [0.2, 0.25) is 0 Å². The van der Waals surface area contributed by atoms with Crippen LogP contribution in [-0.4, -0.2) is 47.4 Å². The van der Waals surface area contributed by atoms with Gasteiger partial charge in [0.25, 0.3) is 0 Å². The first-order valence-corrected chi connectivity index (χ1v) is 7.67. The van der Waals surface area contributed by atoms with Crippen LogP contribution in [0.25, 0.3) is 11.3 Å². The summed E-state index contributed by atoms with van der Waals surface area (Å²) in [5, 5.41) is 13.3. The molecular formula is C17H20N2O4. The third-order valence-corrected chi connectivity index (χ3v) is 3.98. The number of ether oxygens (including phenoxy) is 1. The first-order chi connectivity index (χ1) is 11.1. The summed E-state index contributed by atoms with van der Waals surface area (Å²) in [6.45, 7) is 4.50. The van der Waals surface area contributed by atoms with E-state index in [1.165, 1.54) is 5.56 Å². The zero-order valence-electron chi connectivity index (χ0n) is 13.1. The highest BCUT2D eigenvalue weighted by molar-refractivity contribution is 5.70. The molecule has 1 fully saturated rings. The van der Waals surface area contributed by atoms with Crippen molar-refractivity contribution in [2.75, 3.05) is 26.3 Å². The summed E-state index contributed by atoms with van der Waals surface area (Å²) in [6.07, 6.45) is 0. The number of hydrogen-bond donors (Lipinski definition) is 1. The molecule has 0 saturated carbocycles. The number of aromatic nitrogens is 1. The van der Waals surface area contributed by atoms with Gasteiger partial charge in [-0.3, -0.25) is 9.69 Å². The molecule has 0 aliphatic carbocycles. The van der Waals surface area contributed by atoms with E-state index >= 15 is 0 Å². The van der Waals surface area contributed by atoms with Crippen molar-refractivity contribution in [2.24, 2.45) is 5.92 Å². The van der Waals surface area contributed by atoms with Crippen molar-refractivity contribution < 1.29 is 19.2 Å². The maximum atomic E-state index is 11.2. The minimum absolute atomic E-state index is 0.261. The highest BCUT2D eigenvalue weighted by Gasteiger charge is 2.25. The summed E-state index contributed by atoms with van der Waals surface area (Å²) in [4.78, 5) is 13.2. The molecule has 0 bridgehead atoms. The first kappa shape index (κ1) is 15.7. The van der Waals surface area contributed by atoms with Gasteiger partial charge in [0.05, 0.1) is 25.7 Å². The lowest BCUT2D eigenvalue weighted by molar-refractivity contribution is -0.143. The number of nitrogens with zero attached hydrogens (tertiary/aromatic N) is 2. The van der Waals surface area contributed by atoms with E-state index in [0.717, 1.165) is 17.0 Å². The zero-order chi connectivity index (χ0) is 16.2. The van der Waals surface area contributed by atoms with Crippen molar-refractivity contribution in [1.82, 2.24) is 10.1 Å². The molecule has 1 atom stereocenters. The van der Waals surface area contributed by atoms with Gasteiger partial charge in [0, 0.05) is 24.7 Å². The molecule has 0 radical (unpaired) electrons. The summed E-state index contributed by atoms with van der Waals surface area (Å²) >= 11 is 0. The lowest BCUT2D eigenvalue weighted by Gasteiger charge is -2.19. The molecule has 1 aromatic carbocycles. The van der Waals surface area contributed by atoms with Gasteiger partial charge in [-0.1, -0.05) is 35.0 Å². The summed E-state index contributed by atoms with van der Waals surface area (Å²) in [5.74, 6) is -0.599. The Morgan fingerprint density at radius 2 is 2.17 bits per heavy atom. The minimum Gasteiger partial charge on any atom is -0.481 e. The zero-order valence-corrected chi connectivity index (χ0v) is 13.1. The standard InChI is InChI=1S/C17H20N2O4/c1-12-2-4-13(5-3-12)16-8-15(23-18-16)10-19-6-7-22-11-14(9-19)17(20)21/h2-5,8,14H,6-7,9-11H2,1H3,(H,20,21). The molecule has 6 nitrogen and oxygen atoms in total. The van der Waals surface area contributed by atoms with E-state index in [2.05, 4.69) is 5.16 Å². The van der Waals surface area contributed by atoms with Crippen molar-refractivity contribution in [2.45, 2.75) is 13.5 Å². The number of rotatable bonds is 4.